The lowest BCUT2D eigenvalue weighted by atomic mass is 10.1. The number of benzene rings is 3. The molecule has 1 aliphatic rings. The van der Waals surface area contributed by atoms with Crippen molar-refractivity contribution in [2.24, 2.45) is 0 Å². The summed E-state index contributed by atoms with van der Waals surface area (Å²) < 4.78 is 37.6. The first-order valence-corrected chi connectivity index (χ1v) is 15.6. The molecule has 1 N–H and O–H groups in total. The van der Waals surface area contributed by atoms with Gasteiger partial charge in [0.15, 0.2) is 0 Å². The van der Waals surface area contributed by atoms with Crippen LogP contribution in [0.15, 0.2) is 77.7 Å². The van der Waals surface area contributed by atoms with E-state index in [2.05, 4.69) is 5.32 Å². The van der Waals surface area contributed by atoms with Crippen molar-refractivity contribution >= 4 is 21.8 Å². The van der Waals surface area contributed by atoms with Crippen LogP contribution in [-0.4, -0.2) is 62.8 Å². The number of hydrogen-bond acceptors (Lipinski definition) is 6. The van der Waals surface area contributed by atoms with Crippen LogP contribution in [0.1, 0.15) is 42.9 Å². The molecule has 4 rings (SSSR count). The first-order valence-electron chi connectivity index (χ1n) is 14.1. The highest BCUT2D eigenvalue weighted by Gasteiger charge is 2.28. The van der Waals surface area contributed by atoms with E-state index in [1.54, 1.807) is 50.3 Å². The van der Waals surface area contributed by atoms with Crippen molar-refractivity contribution in [3.8, 4) is 11.5 Å². The van der Waals surface area contributed by atoms with Crippen molar-refractivity contribution in [1.29, 1.82) is 0 Å². The first kappa shape index (κ1) is 31.1. The van der Waals surface area contributed by atoms with E-state index in [4.69, 9.17) is 9.47 Å². The predicted molar refractivity (Wildman–Crippen MR) is 161 cm³/mol. The van der Waals surface area contributed by atoms with Crippen LogP contribution in [0, 0.1) is 0 Å². The zero-order valence-electron chi connectivity index (χ0n) is 24.4. The van der Waals surface area contributed by atoms with Gasteiger partial charge in [-0.1, -0.05) is 36.4 Å². The summed E-state index contributed by atoms with van der Waals surface area (Å²) in [6.07, 6.45) is 2.35. The van der Waals surface area contributed by atoms with Gasteiger partial charge in [-0.25, -0.2) is 8.42 Å². The van der Waals surface area contributed by atoms with Crippen LogP contribution in [0.3, 0.4) is 0 Å². The Morgan fingerprint density at radius 1 is 0.833 bits per heavy atom. The molecular formula is C32H39N3O6S. The average Bonchev–Trinajstić information content (AvgIpc) is 3.58. The largest absolute Gasteiger partial charge is 0.497 e. The maximum absolute atomic E-state index is 13.5. The van der Waals surface area contributed by atoms with Gasteiger partial charge in [-0.15, -0.1) is 0 Å². The van der Waals surface area contributed by atoms with Gasteiger partial charge in [0, 0.05) is 32.6 Å². The second-order valence-electron chi connectivity index (χ2n) is 10.4. The molecule has 1 heterocycles. The molecule has 0 aromatic heterocycles. The van der Waals surface area contributed by atoms with E-state index in [9.17, 15) is 18.0 Å². The third kappa shape index (κ3) is 7.89. The third-order valence-electron chi connectivity index (χ3n) is 7.56. The number of methoxy groups -OCH3 is 2. The van der Waals surface area contributed by atoms with Crippen LogP contribution in [0.2, 0.25) is 0 Å². The molecule has 1 saturated heterocycles. The van der Waals surface area contributed by atoms with Crippen LogP contribution < -0.4 is 14.8 Å². The monoisotopic (exact) mass is 593 g/mol. The van der Waals surface area contributed by atoms with E-state index < -0.39 is 16.1 Å². The molecule has 3 aromatic rings. The molecule has 1 aliphatic heterocycles. The average molecular weight is 594 g/mol. The Balaban J connectivity index is 1.42. The lowest BCUT2D eigenvalue weighted by Gasteiger charge is -2.29. The molecule has 0 spiro atoms. The lowest BCUT2D eigenvalue weighted by molar-refractivity contribution is -0.140. The van der Waals surface area contributed by atoms with Crippen molar-refractivity contribution in [2.75, 3.05) is 27.3 Å². The molecule has 9 nitrogen and oxygen atoms in total. The van der Waals surface area contributed by atoms with E-state index in [0.29, 0.717) is 31.8 Å². The molecule has 224 valence electrons. The summed E-state index contributed by atoms with van der Waals surface area (Å²) in [5.41, 5.74) is 2.64. The molecule has 10 heteroatoms. The molecule has 3 aromatic carbocycles. The van der Waals surface area contributed by atoms with Crippen LogP contribution in [0.4, 0.5) is 0 Å². The van der Waals surface area contributed by atoms with Crippen LogP contribution in [0.25, 0.3) is 0 Å². The third-order valence-corrected chi connectivity index (χ3v) is 9.47. The van der Waals surface area contributed by atoms with Gasteiger partial charge < -0.3 is 19.7 Å². The smallest absolute Gasteiger partial charge is 0.243 e. The molecule has 0 radical (unpaired) electrons. The second-order valence-corrected chi connectivity index (χ2v) is 12.3. The standard InChI is InChI=1S/C32H39N3O6S/c1-24(32(37)33-22-26-6-13-28(40-2)14-7-26)35(23-27-8-15-29(41-3)16-9-27)31(36)19-12-25-10-17-30(18-11-25)42(38,39)34-20-4-5-21-34/h6-11,13-18,24H,4-5,12,19-23H2,1-3H3,(H,33,37)/t24-/m1/s1. The molecule has 2 amide bonds. The molecule has 42 heavy (non-hydrogen) atoms. The summed E-state index contributed by atoms with van der Waals surface area (Å²) >= 11 is 0. The summed E-state index contributed by atoms with van der Waals surface area (Å²) in [6, 6.07) is 20.8. The Hall–Kier alpha value is -3.89. The second kappa shape index (κ2) is 14.3. The van der Waals surface area contributed by atoms with Crippen molar-refractivity contribution in [2.45, 2.75) is 56.6 Å². The number of amides is 2. The van der Waals surface area contributed by atoms with Gasteiger partial charge in [-0.2, -0.15) is 4.31 Å². The number of sulfonamides is 1. The fourth-order valence-electron chi connectivity index (χ4n) is 4.89. The van der Waals surface area contributed by atoms with Crippen molar-refractivity contribution in [3.63, 3.8) is 0 Å². The molecule has 0 unspecified atom stereocenters. The van der Waals surface area contributed by atoms with Gasteiger partial charge in [0.2, 0.25) is 21.8 Å². The van der Waals surface area contributed by atoms with E-state index >= 15 is 0 Å². The molecule has 1 atom stereocenters. The van der Waals surface area contributed by atoms with Crippen LogP contribution >= 0.6 is 0 Å². The van der Waals surface area contributed by atoms with Crippen molar-refractivity contribution < 1.29 is 27.5 Å². The van der Waals surface area contributed by atoms with Gasteiger partial charge in [-0.05, 0) is 79.3 Å². The van der Waals surface area contributed by atoms with E-state index in [-0.39, 0.29) is 29.7 Å². The fraction of sp³-hybridized carbons (Fsp3) is 0.375. The zero-order valence-corrected chi connectivity index (χ0v) is 25.2. The van der Waals surface area contributed by atoms with Gasteiger partial charge in [0.1, 0.15) is 17.5 Å². The molecule has 0 saturated carbocycles. The van der Waals surface area contributed by atoms with Crippen LogP contribution in [-0.2, 0) is 39.1 Å². The van der Waals surface area contributed by atoms with Gasteiger partial charge in [0.05, 0.1) is 19.1 Å². The lowest BCUT2D eigenvalue weighted by Crippen LogP contribution is -2.47. The Morgan fingerprint density at radius 3 is 1.90 bits per heavy atom. The maximum Gasteiger partial charge on any atom is 0.243 e. The van der Waals surface area contributed by atoms with Gasteiger partial charge in [-0.3, -0.25) is 9.59 Å². The predicted octanol–water partition coefficient (Wildman–Crippen LogP) is 4.15. The van der Waals surface area contributed by atoms with Gasteiger partial charge in [0.25, 0.3) is 0 Å². The summed E-state index contributed by atoms with van der Waals surface area (Å²) in [5.74, 6) is 1.01. The normalized spacial score (nSPS) is 14.3. The highest BCUT2D eigenvalue weighted by atomic mass is 32.2. The highest BCUT2D eigenvalue weighted by Crippen LogP contribution is 2.22. The summed E-state index contributed by atoms with van der Waals surface area (Å²) in [7, 11) is -0.300. The first-order chi connectivity index (χ1) is 20.2. The Bertz CT molecular complexity index is 1440. The van der Waals surface area contributed by atoms with Crippen LogP contribution in [0.5, 0.6) is 11.5 Å². The molecule has 0 bridgehead atoms. The van der Waals surface area contributed by atoms with Crippen molar-refractivity contribution in [1.82, 2.24) is 14.5 Å². The van der Waals surface area contributed by atoms with E-state index in [1.165, 1.54) is 4.31 Å². The number of aryl methyl sites for hydroxylation is 1. The minimum Gasteiger partial charge on any atom is -0.497 e. The minimum absolute atomic E-state index is 0.171. The molecule has 0 aliphatic carbocycles. The molecular weight excluding hydrogens is 554 g/mol. The quantitative estimate of drug-likeness (QED) is 0.319. The van der Waals surface area contributed by atoms with E-state index in [0.717, 1.165) is 35.3 Å². The number of hydrogen-bond donors (Lipinski definition) is 1. The number of nitrogens with zero attached hydrogens (tertiary/aromatic N) is 2. The van der Waals surface area contributed by atoms with Gasteiger partial charge >= 0.3 is 0 Å². The number of nitrogens with one attached hydrogen (secondary N) is 1. The number of rotatable bonds is 13. The summed E-state index contributed by atoms with van der Waals surface area (Å²) in [4.78, 5) is 28.6. The fourth-order valence-corrected chi connectivity index (χ4v) is 6.41. The summed E-state index contributed by atoms with van der Waals surface area (Å²) in [5, 5.41) is 2.94. The Morgan fingerprint density at radius 2 is 1.36 bits per heavy atom. The Kier molecular flexibility index (Phi) is 10.6. The zero-order chi connectivity index (χ0) is 30.1. The number of ether oxygens (including phenoxy) is 2. The molecule has 1 fully saturated rings. The Labute approximate surface area is 248 Å². The number of carbonyl (C=O) groups excluding carboxylic acids is 2. The topological polar surface area (TPSA) is 105 Å². The highest BCUT2D eigenvalue weighted by molar-refractivity contribution is 7.89. The van der Waals surface area contributed by atoms with E-state index in [1.807, 2.05) is 48.5 Å². The minimum atomic E-state index is -3.49. The SMILES string of the molecule is COc1ccc(CNC(=O)[C@@H](C)N(Cc2ccc(OC)cc2)C(=O)CCc2ccc(S(=O)(=O)N3CCCC3)cc2)cc1. The summed E-state index contributed by atoms with van der Waals surface area (Å²) in [6.45, 7) is 3.41. The number of carbonyl (C=O) groups is 2. The van der Waals surface area contributed by atoms with Crippen molar-refractivity contribution in [3.05, 3.63) is 89.5 Å². The maximum atomic E-state index is 13.5.